The molecule has 1 aliphatic carbocycles. The van der Waals surface area contributed by atoms with Crippen molar-refractivity contribution in [2.75, 3.05) is 11.5 Å². The van der Waals surface area contributed by atoms with Gasteiger partial charge in [0, 0.05) is 17.3 Å². The van der Waals surface area contributed by atoms with Crippen molar-refractivity contribution in [2.45, 2.75) is 38.3 Å². The minimum atomic E-state index is -3.22. The summed E-state index contributed by atoms with van der Waals surface area (Å²) in [6.07, 6.45) is 1.41. The summed E-state index contributed by atoms with van der Waals surface area (Å²) in [5, 5.41) is 0.632. The second kappa shape index (κ2) is 7.37. The Balaban J connectivity index is 1.49. The molecule has 2 aliphatic rings. The van der Waals surface area contributed by atoms with Gasteiger partial charge in [-0.2, -0.15) is 0 Å². The Morgan fingerprint density at radius 3 is 2.65 bits per heavy atom. The second-order valence-electron chi connectivity index (χ2n) is 8.60. The number of carbonyl (C=O) groups excluding carboxylic acids is 1. The third kappa shape index (κ3) is 3.92. The number of sulfone groups is 1. The summed E-state index contributed by atoms with van der Waals surface area (Å²) in [6.45, 7) is 2.26. The lowest BCUT2D eigenvalue weighted by Crippen LogP contribution is -2.42. The maximum absolute atomic E-state index is 13.4. The average molecular weight is 442 g/mol. The maximum atomic E-state index is 13.4. The molecule has 1 saturated heterocycles. The molecule has 1 aliphatic heterocycles. The van der Waals surface area contributed by atoms with E-state index in [1.54, 1.807) is 24.3 Å². The molecule has 1 aromatic carbocycles. The molecule has 31 heavy (non-hydrogen) atoms. The predicted octanol–water partition coefficient (Wildman–Crippen LogP) is 3.34. The van der Waals surface area contributed by atoms with Crippen LogP contribution < -0.4 is 5.63 Å². The number of hydrogen-bond acceptors (Lipinski definition) is 6. The number of para-hydroxylation sites is 1. The Morgan fingerprint density at radius 2 is 1.94 bits per heavy atom. The van der Waals surface area contributed by atoms with Crippen molar-refractivity contribution in [1.82, 2.24) is 4.90 Å². The standard InChI is InChI=1S/C23H23NO6S/c1-14-10-18(14)21-7-6-17(29-21)12-24(16-8-9-31(27,28)13-16)22(25)19-11-15-4-2-3-5-20(15)30-23(19)26/h2-7,11,14,16,18H,8-10,12-13H2,1H3. The van der Waals surface area contributed by atoms with Gasteiger partial charge in [-0.05, 0) is 43.0 Å². The van der Waals surface area contributed by atoms with Crippen molar-refractivity contribution in [3.8, 4) is 0 Å². The molecule has 3 unspecified atom stereocenters. The Bertz CT molecular complexity index is 1320. The van der Waals surface area contributed by atoms with Crippen LogP contribution in [0.25, 0.3) is 11.0 Å². The van der Waals surface area contributed by atoms with Gasteiger partial charge in [0.05, 0.1) is 18.1 Å². The van der Waals surface area contributed by atoms with Crippen LogP contribution in [-0.4, -0.2) is 36.8 Å². The number of benzene rings is 1. The molecule has 0 radical (unpaired) electrons. The number of fused-ring (bicyclic) bond motifs is 1. The number of nitrogens with zero attached hydrogens (tertiary/aromatic N) is 1. The van der Waals surface area contributed by atoms with Crippen molar-refractivity contribution in [3.63, 3.8) is 0 Å². The number of carbonyl (C=O) groups is 1. The Kier molecular flexibility index (Phi) is 4.77. The number of hydrogen-bond donors (Lipinski definition) is 0. The molecule has 8 heteroatoms. The maximum Gasteiger partial charge on any atom is 0.349 e. The van der Waals surface area contributed by atoms with Crippen LogP contribution in [0.5, 0.6) is 0 Å². The van der Waals surface area contributed by atoms with Crippen molar-refractivity contribution >= 4 is 26.7 Å². The molecule has 0 N–H and O–H groups in total. The molecule has 3 aromatic rings. The molecule has 162 valence electrons. The van der Waals surface area contributed by atoms with E-state index in [2.05, 4.69) is 6.92 Å². The van der Waals surface area contributed by atoms with Crippen LogP contribution in [0.1, 0.15) is 47.6 Å². The third-order valence-electron chi connectivity index (χ3n) is 6.27. The van der Waals surface area contributed by atoms with E-state index in [-0.39, 0.29) is 23.6 Å². The minimum Gasteiger partial charge on any atom is -0.464 e. The van der Waals surface area contributed by atoms with E-state index in [0.717, 1.165) is 12.2 Å². The molecular formula is C23H23NO6S. The van der Waals surface area contributed by atoms with Gasteiger partial charge in [-0.15, -0.1) is 0 Å². The fourth-order valence-corrected chi connectivity index (χ4v) is 6.05. The van der Waals surface area contributed by atoms with E-state index < -0.39 is 27.4 Å². The molecule has 1 amide bonds. The predicted molar refractivity (Wildman–Crippen MR) is 115 cm³/mol. The minimum absolute atomic E-state index is 0.0246. The number of amides is 1. The normalized spacial score (nSPS) is 24.4. The lowest BCUT2D eigenvalue weighted by molar-refractivity contribution is 0.0661. The molecule has 5 rings (SSSR count). The van der Waals surface area contributed by atoms with E-state index in [1.165, 1.54) is 11.0 Å². The molecule has 3 heterocycles. The summed E-state index contributed by atoms with van der Waals surface area (Å²) < 4.78 is 35.5. The third-order valence-corrected chi connectivity index (χ3v) is 8.02. The molecule has 3 atom stereocenters. The summed E-state index contributed by atoms with van der Waals surface area (Å²) in [5.41, 5.74) is -0.444. The van der Waals surface area contributed by atoms with Crippen LogP contribution in [0, 0.1) is 5.92 Å². The van der Waals surface area contributed by atoms with Gasteiger partial charge < -0.3 is 13.7 Å². The van der Waals surface area contributed by atoms with E-state index in [9.17, 15) is 18.0 Å². The van der Waals surface area contributed by atoms with Crippen LogP contribution in [0.3, 0.4) is 0 Å². The molecule has 2 aromatic heterocycles. The lowest BCUT2D eigenvalue weighted by Gasteiger charge is -2.27. The first-order chi connectivity index (χ1) is 14.8. The van der Waals surface area contributed by atoms with Crippen LogP contribution >= 0.6 is 0 Å². The van der Waals surface area contributed by atoms with Gasteiger partial charge in [-0.3, -0.25) is 4.79 Å². The van der Waals surface area contributed by atoms with Gasteiger partial charge in [0.25, 0.3) is 5.91 Å². The van der Waals surface area contributed by atoms with Gasteiger partial charge in [-0.1, -0.05) is 25.1 Å². The average Bonchev–Trinajstić information content (AvgIpc) is 3.11. The smallest absolute Gasteiger partial charge is 0.349 e. The first kappa shape index (κ1) is 20.1. The zero-order chi connectivity index (χ0) is 21.8. The van der Waals surface area contributed by atoms with Crippen molar-refractivity contribution < 1.29 is 22.0 Å². The van der Waals surface area contributed by atoms with E-state index in [0.29, 0.717) is 35.0 Å². The number of furan rings is 1. The topological polar surface area (TPSA) is 97.8 Å². The quantitative estimate of drug-likeness (QED) is 0.563. The van der Waals surface area contributed by atoms with Gasteiger partial charge in [-0.25, -0.2) is 13.2 Å². The van der Waals surface area contributed by atoms with Gasteiger partial charge in [0.1, 0.15) is 22.7 Å². The fraction of sp³-hybridized carbons (Fsp3) is 0.391. The fourth-order valence-electron chi connectivity index (χ4n) is 4.32. The number of rotatable bonds is 5. The van der Waals surface area contributed by atoms with Crippen molar-refractivity contribution in [1.29, 1.82) is 0 Å². The van der Waals surface area contributed by atoms with E-state index in [4.69, 9.17) is 8.83 Å². The second-order valence-corrected chi connectivity index (χ2v) is 10.8. The zero-order valence-corrected chi connectivity index (χ0v) is 17.9. The van der Waals surface area contributed by atoms with E-state index in [1.807, 2.05) is 12.1 Å². The molecule has 1 saturated carbocycles. The highest BCUT2D eigenvalue weighted by Crippen LogP contribution is 2.47. The largest absolute Gasteiger partial charge is 0.464 e. The highest BCUT2D eigenvalue weighted by molar-refractivity contribution is 7.91. The molecule has 0 spiro atoms. The van der Waals surface area contributed by atoms with Crippen molar-refractivity contribution in [3.05, 3.63) is 70.0 Å². The van der Waals surface area contributed by atoms with E-state index >= 15 is 0 Å². The summed E-state index contributed by atoms with van der Waals surface area (Å²) in [4.78, 5) is 27.5. The van der Waals surface area contributed by atoms with Crippen LogP contribution in [-0.2, 0) is 16.4 Å². The highest BCUT2D eigenvalue weighted by Gasteiger charge is 2.38. The van der Waals surface area contributed by atoms with Crippen molar-refractivity contribution in [2.24, 2.45) is 5.92 Å². The molecule has 7 nitrogen and oxygen atoms in total. The first-order valence-electron chi connectivity index (χ1n) is 10.4. The van der Waals surface area contributed by atoms with Crippen LogP contribution in [0.4, 0.5) is 0 Å². The first-order valence-corrected chi connectivity index (χ1v) is 12.3. The van der Waals surface area contributed by atoms with Crippen LogP contribution in [0.15, 0.2) is 56.1 Å². The SMILES string of the molecule is CC1CC1c1ccc(CN(C(=O)c2cc3ccccc3oc2=O)C2CCS(=O)(=O)C2)o1. The van der Waals surface area contributed by atoms with Gasteiger partial charge >= 0.3 is 5.63 Å². The molecular weight excluding hydrogens is 418 g/mol. The Labute approximate surface area is 179 Å². The molecule has 2 fully saturated rings. The molecule has 0 bridgehead atoms. The highest BCUT2D eigenvalue weighted by atomic mass is 32.2. The van der Waals surface area contributed by atoms with Crippen LogP contribution in [0.2, 0.25) is 0 Å². The summed E-state index contributed by atoms with van der Waals surface area (Å²) in [6, 6.07) is 11.7. The summed E-state index contributed by atoms with van der Waals surface area (Å²) in [7, 11) is -3.22. The monoisotopic (exact) mass is 441 g/mol. The van der Waals surface area contributed by atoms with Gasteiger partial charge in [0.2, 0.25) is 0 Å². The lowest BCUT2D eigenvalue weighted by atomic mass is 10.1. The Hall–Kier alpha value is -2.87. The summed E-state index contributed by atoms with van der Waals surface area (Å²) in [5.74, 6) is 1.81. The summed E-state index contributed by atoms with van der Waals surface area (Å²) >= 11 is 0. The van der Waals surface area contributed by atoms with Gasteiger partial charge in [0.15, 0.2) is 9.84 Å². The zero-order valence-electron chi connectivity index (χ0n) is 17.1. The Morgan fingerprint density at radius 1 is 1.16 bits per heavy atom.